The van der Waals surface area contributed by atoms with Gasteiger partial charge in [-0.25, -0.2) is 4.98 Å². The molecule has 0 aliphatic carbocycles. The highest BCUT2D eigenvalue weighted by molar-refractivity contribution is 7.98. The first-order valence-corrected chi connectivity index (χ1v) is 9.88. The predicted octanol–water partition coefficient (Wildman–Crippen LogP) is 2.48. The second-order valence-electron chi connectivity index (χ2n) is 6.25. The Hall–Kier alpha value is -2.41. The number of pyridine rings is 2. The zero-order valence-corrected chi connectivity index (χ0v) is 15.5. The van der Waals surface area contributed by atoms with Crippen LogP contribution in [0.15, 0.2) is 47.9 Å². The lowest BCUT2D eigenvalue weighted by Crippen LogP contribution is -2.41. The molecular formula is C19H22N4O2S. The molecule has 7 heteroatoms. The number of nitrogens with zero attached hydrogens (tertiary/aromatic N) is 3. The van der Waals surface area contributed by atoms with E-state index in [4.69, 9.17) is 0 Å². The van der Waals surface area contributed by atoms with E-state index >= 15 is 0 Å². The molecule has 0 bridgehead atoms. The average Bonchev–Trinajstić information content (AvgIpc) is 2.72. The summed E-state index contributed by atoms with van der Waals surface area (Å²) in [6, 6.07) is 7.14. The molecule has 0 spiro atoms. The first-order chi connectivity index (χ1) is 12.7. The van der Waals surface area contributed by atoms with Gasteiger partial charge in [-0.2, -0.15) is 0 Å². The summed E-state index contributed by atoms with van der Waals surface area (Å²) in [6.07, 6.45) is 8.64. The van der Waals surface area contributed by atoms with E-state index in [2.05, 4.69) is 15.3 Å². The maximum absolute atomic E-state index is 12.4. The van der Waals surface area contributed by atoms with E-state index in [1.54, 1.807) is 42.9 Å². The molecule has 0 saturated carbocycles. The molecule has 2 amide bonds. The van der Waals surface area contributed by atoms with E-state index in [9.17, 15) is 9.59 Å². The molecule has 2 aromatic rings. The number of carbonyl (C=O) groups is 2. The second kappa shape index (κ2) is 8.80. The Morgan fingerprint density at radius 3 is 2.69 bits per heavy atom. The van der Waals surface area contributed by atoms with Gasteiger partial charge in [-0.1, -0.05) is 0 Å². The Morgan fingerprint density at radius 2 is 2.00 bits per heavy atom. The molecule has 6 nitrogen and oxygen atoms in total. The van der Waals surface area contributed by atoms with Crippen LogP contribution in [-0.2, 0) is 0 Å². The van der Waals surface area contributed by atoms with Gasteiger partial charge < -0.3 is 10.2 Å². The number of thioether (sulfide) groups is 1. The van der Waals surface area contributed by atoms with Crippen molar-refractivity contribution in [1.82, 2.24) is 20.2 Å². The first-order valence-electron chi connectivity index (χ1n) is 8.65. The Morgan fingerprint density at radius 1 is 1.23 bits per heavy atom. The Labute approximate surface area is 157 Å². The van der Waals surface area contributed by atoms with Crippen LogP contribution >= 0.6 is 11.8 Å². The van der Waals surface area contributed by atoms with Gasteiger partial charge in [0.05, 0.1) is 11.1 Å². The molecule has 26 heavy (non-hydrogen) atoms. The van der Waals surface area contributed by atoms with Crippen LogP contribution in [0.4, 0.5) is 0 Å². The highest BCUT2D eigenvalue weighted by atomic mass is 32.2. The van der Waals surface area contributed by atoms with E-state index in [1.807, 2.05) is 11.2 Å². The SMILES string of the molecule is CSc1ncccc1C(=O)NCC1CCN(C(=O)c2cccnc2)CC1. The third-order valence-corrected chi connectivity index (χ3v) is 5.28. The van der Waals surface area contributed by atoms with Crippen molar-refractivity contribution in [2.45, 2.75) is 17.9 Å². The van der Waals surface area contributed by atoms with Crippen molar-refractivity contribution >= 4 is 23.6 Å². The minimum absolute atomic E-state index is 0.0283. The highest BCUT2D eigenvalue weighted by Crippen LogP contribution is 2.20. The van der Waals surface area contributed by atoms with Crippen molar-refractivity contribution in [2.75, 3.05) is 25.9 Å². The van der Waals surface area contributed by atoms with E-state index in [-0.39, 0.29) is 11.8 Å². The Bertz CT molecular complexity index is 761. The summed E-state index contributed by atoms with van der Waals surface area (Å²) in [5, 5.41) is 3.75. The number of carbonyl (C=O) groups excluding carboxylic acids is 2. The Kier molecular flexibility index (Phi) is 6.22. The minimum atomic E-state index is -0.0867. The summed E-state index contributed by atoms with van der Waals surface area (Å²) in [7, 11) is 0. The van der Waals surface area contributed by atoms with E-state index in [1.165, 1.54) is 11.8 Å². The van der Waals surface area contributed by atoms with Gasteiger partial charge in [-0.3, -0.25) is 14.6 Å². The van der Waals surface area contributed by atoms with Gasteiger partial charge in [0.25, 0.3) is 11.8 Å². The minimum Gasteiger partial charge on any atom is -0.352 e. The van der Waals surface area contributed by atoms with Crippen molar-refractivity contribution < 1.29 is 9.59 Å². The summed E-state index contributed by atoms with van der Waals surface area (Å²) in [6.45, 7) is 2.03. The molecule has 1 aliphatic rings. The number of aromatic nitrogens is 2. The van der Waals surface area contributed by atoms with E-state index < -0.39 is 0 Å². The van der Waals surface area contributed by atoms with E-state index in [0.29, 0.717) is 36.7 Å². The molecule has 136 valence electrons. The van der Waals surface area contributed by atoms with Crippen molar-refractivity contribution in [1.29, 1.82) is 0 Å². The lowest BCUT2D eigenvalue weighted by molar-refractivity contribution is 0.0683. The smallest absolute Gasteiger partial charge is 0.255 e. The van der Waals surface area contributed by atoms with Crippen LogP contribution in [-0.4, -0.2) is 52.6 Å². The molecular weight excluding hydrogens is 348 g/mol. The van der Waals surface area contributed by atoms with Crippen molar-refractivity contribution in [2.24, 2.45) is 5.92 Å². The third kappa shape index (κ3) is 4.40. The molecule has 1 aliphatic heterocycles. The van der Waals surface area contributed by atoms with Gasteiger partial charge in [0, 0.05) is 38.2 Å². The van der Waals surface area contributed by atoms with Crippen LogP contribution < -0.4 is 5.32 Å². The fraction of sp³-hybridized carbons (Fsp3) is 0.368. The average molecular weight is 370 g/mol. The summed E-state index contributed by atoms with van der Waals surface area (Å²) >= 11 is 1.47. The largest absolute Gasteiger partial charge is 0.352 e. The molecule has 0 atom stereocenters. The number of amides is 2. The maximum atomic E-state index is 12.4. The number of nitrogens with one attached hydrogen (secondary N) is 1. The number of rotatable bonds is 5. The molecule has 3 rings (SSSR count). The third-order valence-electron chi connectivity index (χ3n) is 4.57. The van der Waals surface area contributed by atoms with Gasteiger partial charge in [-0.05, 0) is 49.3 Å². The fourth-order valence-corrected chi connectivity index (χ4v) is 3.62. The zero-order chi connectivity index (χ0) is 18.4. The topological polar surface area (TPSA) is 75.2 Å². The molecule has 0 aromatic carbocycles. The van der Waals surface area contributed by atoms with Crippen LogP contribution in [0.1, 0.15) is 33.6 Å². The van der Waals surface area contributed by atoms with Crippen LogP contribution in [0, 0.1) is 5.92 Å². The number of hydrogen-bond acceptors (Lipinski definition) is 5. The standard InChI is InChI=1S/C19H22N4O2S/c1-26-18-16(5-3-9-21-18)17(24)22-12-14-6-10-23(11-7-14)19(25)15-4-2-8-20-13-15/h2-5,8-9,13-14H,6-7,10-12H2,1H3,(H,22,24). The number of hydrogen-bond donors (Lipinski definition) is 1. The lowest BCUT2D eigenvalue weighted by atomic mass is 9.96. The van der Waals surface area contributed by atoms with Gasteiger partial charge in [0.15, 0.2) is 0 Å². The van der Waals surface area contributed by atoms with E-state index in [0.717, 1.165) is 17.9 Å². The highest BCUT2D eigenvalue weighted by Gasteiger charge is 2.24. The normalized spacial score (nSPS) is 14.9. The molecule has 0 unspecified atom stereocenters. The van der Waals surface area contributed by atoms with Crippen molar-refractivity contribution in [3.8, 4) is 0 Å². The zero-order valence-electron chi connectivity index (χ0n) is 14.7. The molecule has 1 fully saturated rings. The van der Waals surface area contributed by atoms with Gasteiger partial charge in [0.1, 0.15) is 5.03 Å². The van der Waals surface area contributed by atoms with Crippen LogP contribution in [0.3, 0.4) is 0 Å². The molecule has 0 radical (unpaired) electrons. The summed E-state index contributed by atoms with van der Waals surface area (Å²) in [5.41, 5.74) is 1.24. The maximum Gasteiger partial charge on any atom is 0.255 e. The molecule has 2 aromatic heterocycles. The molecule has 3 heterocycles. The number of piperidine rings is 1. The first kappa shape index (κ1) is 18.4. The fourth-order valence-electron chi connectivity index (χ4n) is 3.07. The van der Waals surface area contributed by atoms with Crippen LogP contribution in [0.25, 0.3) is 0 Å². The number of likely N-dealkylation sites (tertiary alicyclic amines) is 1. The molecule has 1 N–H and O–H groups in total. The second-order valence-corrected chi connectivity index (χ2v) is 7.04. The van der Waals surface area contributed by atoms with Crippen molar-refractivity contribution in [3.63, 3.8) is 0 Å². The summed E-state index contributed by atoms with van der Waals surface area (Å²) in [4.78, 5) is 34.9. The summed E-state index contributed by atoms with van der Waals surface area (Å²) in [5.74, 6) is 0.322. The summed E-state index contributed by atoms with van der Waals surface area (Å²) < 4.78 is 0. The Balaban J connectivity index is 1.48. The predicted molar refractivity (Wildman–Crippen MR) is 101 cm³/mol. The van der Waals surface area contributed by atoms with Crippen LogP contribution in [0.2, 0.25) is 0 Å². The quantitative estimate of drug-likeness (QED) is 0.819. The monoisotopic (exact) mass is 370 g/mol. The lowest BCUT2D eigenvalue weighted by Gasteiger charge is -2.32. The molecule has 1 saturated heterocycles. The van der Waals surface area contributed by atoms with Gasteiger partial charge in [-0.15, -0.1) is 11.8 Å². The van der Waals surface area contributed by atoms with Gasteiger partial charge in [0.2, 0.25) is 0 Å². The van der Waals surface area contributed by atoms with Gasteiger partial charge >= 0.3 is 0 Å². The van der Waals surface area contributed by atoms with Crippen LogP contribution in [0.5, 0.6) is 0 Å². The van der Waals surface area contributed by atoms with Crippen molar-refractivity contribution in [3.05, 3.63) is 54.0 Å².